The van der Waals surface area contributed by atoms with Crippen molar-refractivity contribution in [2.75, 3.05) is 18.0 Å². The van der Waals surface area contributed by atoms with E-state index in [1.165, 1.54) is 6.42 Å². The fraction of sp³-hybridized carbons (Fsp3) is 0.417. The summed E-state index contributed by atoms with van der Waals surface area (Å²) < 4.78 is 0. The molecular weight excluding hydrogens is 200 g/mol. The van der Waals surface area contributed by atoms with Crippen LogP contribution in [0.5, 0.6) is 0 Å². The van der Waals surface area contributed by atoms with Gasteiger partial charge in [0.05, 0.1) is 11.0 Å². The number of hydrogen-bond acceptors (Lipinski definition) is 3. The van der Waals surface area contributed by atoms with E-state index in [4.69, 9.17) is 0 Å². The van der Waals surface area contributed by atoms with Crippen LogP contribution in [0.3, 0.4) is 0 Å². The summed E-state index contributed by atoms with van der Waals surface area (Å²) in [4.78, 5) is 10.5. The number of aromatic amines is 1. The summed E-state index contributed by atoms with van der Waals surface area (Å²) in [6.45, 7) is 2.19. The number of fused-ring (bicyclic) bond motifs is 3. The fourth-order valence-corrected chi connectivity index (χ4v) is 2.90. The fourth-order valence-electron chi connectivity index (χ4n) is 2.90. The van der Waals surface area contributed by atoms with Crippen LogP contribution in [0, 0.1) is 0 Å². The molecule has 1 aromatic carbocycles. The summed E-state index contributed by atoms with van der Waals surface area (Å²) in [5.41, 5.74) is 2.20. The molecule has 16 heavy (non-hydrogen) atoms. The van der Waals surface area contributed by atoms with E-state index in [1.54, 1.807) is 0 Å². The molecule has 2 N–H and O–H groups in total. The number of piperazine rings is 1. The normalized spacial score (nSPS) is 28.1. The molecule has 0 aliphatic carbocycles. The molecule has 2 bridgehead atoms. The molecule has 2 saturated heterocycles. The number of nitrogens with one attached hydrogen (secondary N) is 2. The van der Waals surface area contributed by atoms with Crippen molar-refractivity contribution >= 4 is 17.0 Å². The number of nitrogens with zero attached hydrogens (tertiary/aromatic N) is 2. The minimum atomic E-state index is 0.630. The van der Waals surface area contributed by atoms with Crippen LogP contribution in [0.15, 0.2) is 24.3 Å². The summed E-state index contributed by atoms with van der Waals surface area (Å²) in [5, 5.41) is 3.51. The minimum absolute atomic E-state index is 0.630. The third kappa shape index (κ3) is 1.10. The molecule has 2 aromatic rings. The van der Waals surface area contributed by atoms with E-state index in [0.717, 1.165) is 30.1 Å². The molecule has 4 heteroatoms. The van der Waals surface area contributed by atoms with E-state index in [9.17, 15) is 0 Å². The standard InChI is InChI=1S/C12H14N4/c1-2-4-11-10(3-1)14-12(15-11)16-7-8-5-9(16)6-13-8/h1-4,8-9,13H,5-7H2,(H,14,15)/t8-,9-/m0/s1. The Balaban J connectivity index is 1.76. The summed E-state index contributed by atoms with van der Waals surface area (Å²) in [5.74, 6) is 1.04. The van der Waals surface area contributed by atoms with Gasteiger partial charge in [-0.25, -0.2) is 4.98 Å². The molecule has 0 saturated carbocycles. The van der Waals surface area contributed by atoms with E-state index in [-0.39, 0.29) is 0 Å². The van der Waals surface area contributed by atoms with E-state index in [0.29, 0.717) is 12.1 Å². The van der Waals surface area contributed by atoms with Crippen LogP contribution in [0.1, 0.15) is 6.42 Å². The number of rotatable bonds is 1. The van der Waals surface area contributed by atoms with Gasteiger partial charge in [-0.2, -0.15) is 0 Å². The summed E-state index contributed by atoms with van der Waals surface area (Å²) >= 11 is 0. The van der Waals surface area contributed by atoms with Gasteiger partial charge in [0.25, 0.3) is 0 Å². The number of aromatic nitrogens is 2. The van der Waals surface area contributed by atoms with Crippen molar-refractivity contribution < 1.29 is 0 Å². The van der Waals surface area contributed by atoms with Crippen LogP contribution in [-0.4, -0.2) is 35.1 Å². The molecule has 4 rings (SSSR count). The monoisotopic (exact) mass is 214 g/mol. The predicted molar refractivity (Wildman–Crippen MR) is 63.6 cm³/mol. The molecule has 2 aliphatic rings. The molecule has 1 aromatic heterocycles. The van der Waals surface area contributed by atoms with Gasteiger partial charge < -0.3 is 15.2 Å². The van der Waals surface area contributed by atoms with Crippen molar-refractivity contribution in [1.82, 2.24) is 15.3 Å². The van der Waals surface area contributed by atoms with Crippen LogP contribution in [-0.2, 0) is 0 Å². The van der Waals surface area contributed by atoms with Crippen LogP contribution in [0.25, 0.3) is 11.0 Å². The van der Waals surface area contributed by atoms with Gasteiger partial charge in [-0.15, -0.1) is 0 Å². The van der Waals surface area contributed by atoms with E-state index >= 15 is 0 Å². The number of anilines is 1. The van der Waals surface area contributed by atoms with Crippen LogP contribution < -0.4 is 10.2 Å². The molecule has 0 radical (unpaired) electrons. The van der Waals surface area contributed by atoms with Crippen LogP contribution in [0.2, 0.25) is 0 Å². The Bertz CT molecular complexity index is 500. The molecule has 0 amide bonds. The van der Waals surface area contributed by atoms with Gasteiger partial charge in [0.1, 0.15) is 0 Å². The molecule has 2 aliphatic heterocycles. The first kappa shape index (κ1) is 8.58. The zero-order chi connectivity index (χ0) is 10.5. The highest BCUT2D eigenvalue weighted by Gasteiger charge is 2.38. The first-order valence-corrected chi connectivity index (χ1v) is 5.85. The summed E-state index contributed by atoms with van der Waals surface area (Å²) in [6, 6.07) is 9.51. The van der Waals surface area contributed by atoms with Gasteiger partial charge in [-0.3, -0.25) is 0 Å². The van der Waals surface area contributed by atoms with Crippen LogP contribution >= 0.6 is 0 Å². The Kier molecular flexibility index (Phi) is 1.60. The van der Waals surface area contributed by atoms with Gasteiger partial charge in [-0.1, -0.05) is 12.1 Å². The maximum atomic E-state index is 4.66. The molecular formula is C12H14N4. The number of imidazole rings is 1. The second kappa shape index (κ2) is 2.98. The zero-order valence-electron chi connectivity index (χ0n) is 8.98. The molecule has 2 fully saturated rings. The van der Waals surface area contributed by atoms with E-state index in [1.807, 2.05) is 12.1 Å². The summed E-state index contributed by atoms with van der Waals surface area (Å²) in [7, 11) is 0. The van der Waals surface area contributed by atoms with Crippen LogP contribution in [0.4, 0.5) is 5.95 Å². The topological polar surface area (TPSA) is 44.0 Å². The lowest BCUT2D eigenvalue weighted by Gasteiger charge is -2.26. The van der Waals surface area contributed by atoms with Gasteiger partial charge in [0, 0.05) is 25.2 Å². The van der Waals surface area contributed by atoms with Gasteiger partial charge in [0.2, 0.25) is 5.95 Å². The van der Waals surface area contributed by atoms with Crippen molar-refractivity contribution in [3.05, 3.63) is 24.3 Å². The Morgan fingerprint density at radius 1 is 1.31 bits per heavy atom. The maximum absolute atomic E-state index is 4.66. The molecule has 2 atom stereocenters. The second-order valence-corrected chi connectivity index (χ2v) is 4.72. The third-order valence-electron chi connectivity index (χ3n) is 3.71. The molecule has 0 unspecified atom stereocenters. The number of H-pyrrole nitrogens is 1. The van der Waals surface area contributed by atoms with Crippen molar-refractivity contribution in [2.24, 2.45) is 0 Å². The highest BCUT2D eigenvalue weighted by atomic mass is 15.3. The van der Waals surface area contributed by atoms with Crippen molar-refractivity contribution in [1.29, 1.82) is 0 Å². The largest absolute Gasteiger partial charge is 0.337 e. The minimum Gasteiger partial charge on any atom is -0.337 e. The third-order valence-corrected chi connectivity index (χ3v) is 3.71. The average molecular weight is 214 g/mol. The highest BCUT2D eigenvalue weighted by Crippen LogP contribution is 2.28. The first-order chi connectivity index (χ1) is 7.90. The maximum Gasteiger partial charge on any atom is 0.204 e. The van der Waals surface area contributed by atoms with Crippen molar-refractivity contribution in [3.63, 3.8) is 0 Å². The highest BCUT2D eigenvalue weighted by molar-refractivity contribution is 5.77. The average Bonchev–Trinajstić information content (AvgIpc) is 3.02. The zero-order valence-corrected chi connectivity index (χ0v) is 8.98. The number of hydrogen-bond donors (Lipinski definition) is 2. The SMILES string of the molecule is c1ccc2[nH]c(N3C[C@@H]4C[C@H]3CN4)nc2c1. The smallest absolute Gasteiger partial charge is 0.204 e. The Labute approximate surface area is 93.7 Å². The quantitative estimate of drug-likeness (QED) is 0.747. The van der Waals surface area contributed by atoms with E-state index < -0.39 is 0 Å². The number of benzene rings is 1. The number of para-hydroxylation sites is 2. The van der Waals surface area contributed by atoms with E-state index in [2.05, 4.69) is 32.3 Å². The van der Waals surface area contributed by atoms with Crippen molar-refractivity contribution in [3.8, 4) is 0 Å². The molecule has 3 heterocycles. The Hall–Kier alpha value is -1.55. The molecule has 0 spiro atoms. The summed E-state index contributed by atoms with van der Waals surface area (Å²) in [6.07, 6.45) is 1.26. The Morgan fingerprint density at radius 2 is 2.25 bits per heavy atom. The lowest BCUT2D eigenvalue weighted by atomic mass is 10.2. The van der Waals surface area contributed by atoms with Gasteiger partial charge in [0.15, 0.2) is 0 Å². The lowest BCUT2D eigenvalue weighted by molar-refractivity contribution is 0.574. The predicted octanol–water partition coefficient (Wildman–Crippen LogP) is 1.11. The Morgan fingerprint density at radius 3 is 3.00 bits per heavy atom. The first-order valence-electron chi connectivity index (χ1n) is 5.85. The van der Waals surface area contributed by atoms with Gasteiger partial charge in [-0.05, 0) is 18.6 Å². The van der Waals surface area contributed by atoms with Gasteiger partial charge >= 0.3 is 0 Å². The lowest BCUT2D eigenvalue weighted by Crippen LogP contribution is -2.44. The second-order valence-electron chi connectivity index (χ2n) is 4.72. The molecule has 82 valence electrons. The molecule has 4 nitrogen and oxygen atoms in total. The van der Waals surface area contributed by atoms with Crippen molar-refractivity contribution in [2.45, 2.75) is 18.5 Å².